The van der Waals surface area contributed by atoms with E-state index >= 15 is 0 Å². The molecule has 0 fully saturated rings. The van der Waals surface area contributed by atoms with E-state index < -0.39 is 11.9 Å². The number of carbonyl (C=O) groups is 6. The molecule has 0 aromatic heterocycles. The van der Waals surface area contributed by atoms with Crippen LogP contribution in [-0.4, -0.2) is 46.3 Å². The summed E-state index contributed by atoms with van der Waals surface area (Å²) < 4.78 is 0. The van der Waals surface area contributed by atoms with Crippen LogP contribution >= 0.6 is 0 Å². The van der Waals surface area contributed by atoms with Crippen LogP contribution in [0.4, 0.5) is 0 Å². The van der Waals surface area contributed by atoms with Gasteiger partial charge in [-0.05, 0) is 27.7 Å². The van der Waals surface area contributed by atoms with E-state index in [0.29, 0.717) is 0 Å². The van der Waals surface area contributed by atoms with E-state index in [1.165, 1.54) is 27.7 Å². The summed E-state index contributed by atoms with van der Waals surface area (Å²) in [6.07, 6.45) is 0.778. The minimum atomic E-state index is -1.06. The maximum Gasteiger partial charge on any atom is 0.310 e. The fourth-order valence-corrected chi connectivity index (χ4v) is 0.426. The van der Waals surface area contributed by atoms with E-state index in [2.05, 4.69) is 0 Å². The largest absolute Gasteiger partial charge is 0.481 e. The van der Waals surface area contributed by atoms with E-state index in [1.54, 1.807) is 0 Å². The Morgan fingerprint density at radius 2 is 0.900 bits per heavy atom. The van der Waals surface area contributed by atoms with Crippen LogP contribution in [0.15, 0.2) is 0 Å². The Labute approximate surface area is 116 Å². The van der Waals surface area contributed by atoms with Crippen LogP contribution in [0.2, 0.25) is 0 Å². The summed E-state index contributed by atoms with van der Waals surface area (Å²) in [5.41, 5.74) is 0. The molecule has 0 amide bonds. The molecule has 0 radical (unpaired) electrons. The van der Waals surface area contributed by atoms with Crippen LogP contribution in [0, 0.1) is 0 Å². The van der Waals surface area contributed by atoms with Crippen molar-refractivity contribution in [3.05, 3.63) is 0 Å². The van der Waals surface area contributed by atoms with Gasteiger partial charge in [0.25, 0.3) is 0 Å². The molecule has 116 valence electrons. The molecule has 0 aliphatic rings. The van der Waals surface area contributed by atoms with Gasteiger partial charge in [0.1, 0.15) is 37.0 Å². The van der Waals surface area contributed by atoms with Crippen molar-refractivity contribution in [2.45, 2.75) is 40.5 Å². The summed E-state index contributed by atoms with van der Waals surface area (Å²) >= 11 is 0. The Kier molecular flexibility index (Phi) is 28.7. The van der Waals surface area contributed by atoms with Crippen molar-refractivity contribution in [2.75, 3.05) is 0 Å². The van der Waals surface area contributed by atoms with Crippen LogP contribution in [-0.2, 0) is 28.8 Å². The van der Waals surface area contributed by atoms with Gasteiger partial charge in [-0.15, -0.1) is 0 Å². The molecule has 8 nitrogen and oxygen atoms in total. The summed E-state index contributed by atoms with van der Waals surface area (Å²) in [6.45, 7) is 5.38. The fourth-order valence-electron chi connectivity index (χ4n) is 0.426. The Bertz CT molecular complexity index is 263. The van der Waals surface area contributed by atoms with Gasteiger partial charge in [0, 0.05) is 0 Å². The maximum absolute atomic E-state index is 9.87. The predicted octanol–water partition coefficient (Wildman–Crippen LogP) is 0.511. The second-order valence-corrected chi connectivity index (χ2v) is 3.02. The van der Waals surface area contributed by atoms with E-state index in [4.69, 9.17) is 19.8 Å². The second kappa shape index (κ2) is 21.9. The Hall–Kier alpha value is -2.38. The average molecular weight is 292 g/mol. The third-order valence-electron chi connectivity index (χ3n) is 0.800. The molecule has 0 spiro atoms. The SMILES string of the molecule is CC(=O)CC(=O)O.CC(=O)CC(=O)O.CC=O.CC=O. The Balaban J connectivity index is -0.0000000927. The van der Waals surface area contributed by atoms with Gasteiger partial charge in [-0.25, -0.2) is 0 Å². The number of carboxylic acid groups (broad SMARTS) is 2. The number of aliphatic carboxylic acids is 2. The van der Waals surface area contributed by atoms with Gasteiger partial charge < -0.3 is 19.8 Å². The highest BCUT2D eigenvalue weighted by Gasteiger charge is 1.98. The molecule has 0 aromatic carbocycles. The monoisotopic (exact) mass is 292 g/mol. The predicted molar refractivity (Wildman–Crippen MR) is 69.3 cm³/mol. The molecule has 0 bridgehead atoms. The normalized spacial score (nSPS) is 7.00. The third kappa shape index (κ3) is 106. The van der Waals surface area contributed by atoms with Crippen LogP contribution in [0.1, 0.15) is 40.5 Å². The number of rotatable bonds is 4. The first-order valence-electron chi connectivity index (χ1n) is 5.30. The van der Waals surface area contributed by atoms with Gasteiger partial charge in [-0.1, -0.05) is 0 Å². The number of hydrogen-bond acceptors (Lipinski definition) is 6. The number of Topliss-reactive ketones (excluding diaryl/α,β-unsaturated/α-hetero) is 2. The smallest absolute Gasteiger partial charge is 0.310 e. The molecule has 0 rings (SSSR count). The molecule has 0 saturated heterocycles. The number of carbonyl (C=O) groups excluding carboxylic acids is 4. The summed E-state index contributed by atoms with van der Waals surface area (Å²) in [7, 11) is 0. The number of hydrogen-bond donors (Lipinski definition) is 2. The van der Waals surface area contributed by atoms with E-state index in [-0.39, 0.29) is 24.4 Å². The lowest BCUT2D eigenvalue weighted by molar-refractivity contribution is -0.141. The topological polar surface area (TPSA) is 143 Å². The molecular formula is C12H20O8. The highest BCUT2D eigenvalue weighted by Crippen LogP contribution is 1.78. The highest BCUT2D eigenvalue weighted by molar-refractivity contribution is 5.93. The minimum absolute atomic E-state index is 0.312. The van der Waals surface area contributed by atoms with Crippen molar-refractivity contribution in [1.82, 2.24) is 0 Å². The minimum Gasteiger partial charge on any atom is -0.481 e. The zero-order valence-corrected chi connectivity index (χ0v) is 11.9. The molecular weight excluding hydrogens is 272 g/mol. The summed E-state index contributed by atoms with van der Waals surface area (Å²) in [5, 5.41) is 15.7. The first kappa shape index (κ1) is 26.2. The van der Waals surface area contributed by atoms with E-state index in [0.717, 1.165) is 12.6 Å². The maximum atomic E-state index is 9.87. The average Bonchev–Trinajstić information content (AvgIpc) is 2.15. The van der Waals surface area contributed by atoms with Crippen LogP contribution in [0.25, 0.3) is 0 Å². The standard InChI is InChI=1S/2C4H6O3.2C2H4O/c2*1-3(5)2-4(6)7;2*1-2-3/h2*2H2,1H3,(H,6,7);2*2H,1H3. The fraction of sp³-hybridized carbons (Fsp3) is 0.500. The summed E-state index contributed by atoms with van der Waals surface area (Å²) in [5.74, 6) is -2.75. The highest BCUT2D eigenvalue weighted by atomic mass is 16.4. The van der Waals surface area contributed by atoms with Crippen LogP contribution < -0.4 is 0 Å². The molecule has 0 aromatic rings. The van der Waals surface area contributed by atoms with Crippen molar-refractivity contribution < 1.29 is 39.0 Å². The quantitative estimate of drug-likeness (QED) is 0.563. The van der Waals surface area contributed by atoms with Crippen LogP contribution in [0.3, 0.4) is 0 Å². The van der Waals surface area contributed by atoms with Gasteiger partial charge in [0.15, 0.2) is 0 Å². The molecule has 20 heavy (non-hydrogen) atoms. The van der Waals surface area contributed by atoms with E-state index in [1.807, 2.05) is 0 Å². The van der Waals surface area contributed by atoms with Crippen molar-refractivity contribution in [2.24, 2.45) is 0 Å². The lowest BCUT2D eigenvalue weighted by atomic mass is 10.3. The van der Waals surface area contributed by atoms with Crippen molar-refractivity contribution in [1.29, 1.82) is 0 Å². The zero-order valence-electron chi connectivity index (χ0n) is 11.9. The van der Waals surface area contributed by atoms with Gasteiger partial charge >= 0.3 is 11.9 Å². The molecule has 0 saturated carbocycles. The first-order valence-corrected chi connectivity index (χ1v) is 5.30. The van der Waals surface area contributed by atoms with Gasteiger partial charge in [-0.2, -0.15) is 0 Å². The zero-order chi connectivity index (χ0) is 17.1. The molecule has 8 heteroatoms. The summed E-state index contributed by atoms with van der Waals surface area (Å²) in [4.78, 5) is 56.5. The van der Waals surface area contributed by atoms with Gasteiger partial charge in [0.2, 0.25) is 0 Å². The van der Waals surface area contributed by atoms with E-state index in [9.17, 15) is 19.2 Å². The summed E-state index contributed by atoms with van der Waals surface area (Å²) in [6, 6.07) is 0. The lowest BCUT2D eigenvalue weighted by Crippen LogP contribution is -2.00. The van der Waals surface area contributed by atoms with Gasteiger partial charge in [-0.3, -0.25) is 19.2 Å². The van der Waals surface area contributed by atoms with Gasteiger partial charge in [0.05, 0.1) is 0 Å². The second-order valence-electron chi connectivity index (χ2n) is 3.02. The molecule has 2 N–H and O–H groups in total. The Morgan fingerprint density at radius 1 is 0.750 bits per heavy atom. The molecule has 0 unspecified atom stereocenters. The number of carboxylic acids is 2. The van der Waals surface area contributed by atoms with Crippen molar-refractivity contribution in [3.63, 3.8) is 0 Å². The molecule has 0 heterocycles. The first-order chi connectivity index (χ1) is 9.08. The number of aldehydes is 2. The number of ketones is 2. The third-order valence-corrected chi connectivity index (χ3v) is 0.800. The molecule has 0 aliphatic carbocycles. The van der Waals surface area contributed by atoms with Crippen LogP contribution in [0.5, 0.6) is 0 Å². The Morgan fingerprint density at radius 3 is 0.900 bits per heavy atom. The van der Waals surface area contributed by atoms with Crippen molar-refractivity contribution in [3.8, 4) is 0 Å². The van der Waals surface area contributed by atoms with Crippen molar-refractivity contribution >= 4 is 36.1 Å². The molecule has 0 atom stereocenters. The molecule has 0 aliphatic heterocycles. The lowest BCUT2D eigenvalue weighted by Gasteiger charge is -1.80.